The number of sulfone groups is 1. The van der Waals surface area contributed by atoms with Crippen molar-refractivity contribution in [3.05, 3.63) is 0 Å². The Labute approximate surface area is 132 Å². The first-order valence-corrected chi connectivity index (χ1v) is 10.2. The van der Waals surface area contributed by atoms with Crippen molar-refractivity contribution >= 4 is 15.9 Å². The van der Waals surface area contributed by atoms with E-state index in [9.17, 15) is 13.2 Å². The van der Waals surface area contributed by atoms with Gasteiger partial charge in [-0.25, -0.2) is 13.2 Å². The maximum atomic E-state index is 12.2. The Morgan fingerprint density at radius 1 is 1.27 bits per heavy atom. The number of rotatable bonds is 3. The van der Waals surface area contributed by atoms with E-state index in [0.717, 1.165) is 45.1 Å². The molecule has 0 unspecified atom stereocenters. The summed E-state index contributed by atoms with van der Waals surface area (Å²) >= 11 is 0. The minimum atomic E-state index is -2.92. The Hall–Kier alpha value is -0.820. The molecule has 1 saturated heterocycles. The van der Waals surface area contributed by atoms with Crippen molar-refractivity contribution in [1.82, 2.24) is 10.2 Å². The van der Waals surface area contributed by atoms with E-state index < -0.39 is 9.84 Å². The van der Waals surface area contributed by atoms with Gasteiger partial charge in [0.05, 0.1) is 5.25 Å². The largest absolute Gasteiger partial charge is 0.338 e. The third kappa shape index (κ3) is 3.11. The van der Waals surface area contributed by atoms with Gasteiger partial charge in [0.15, 0.2) is 0 Å². The SMILES string of the molecule is CS(=O)(=O)C1CCC(CNC(=O)N2C[C@@H]3CC[C@]3(N)C2)CC1. The van der Waals surface area contributed by atoms with E-state index in [0.29, 0.717) is 24.9 Å². The van der Waals surface area contributed by atoms with E-state index >= 15 is 0 Å². The number of urea groups is 1. The number of hydrogen-bond donors (Lipinski definition) is 2. The van der Waals surface area contributed by atoms with Gasteiger partial charge in [-0.15, -0.1) is 0 Å². The zero-order valence-electron chi connectivity index (χ0n) is 13.3. The fourth-order valence-corrected chi connectivity index (χ4v) is 5.28. The van der Waals surface area contributed by atoms with Gasteiger partial charge < -0.3 is 16.0 Å². The van der Waals surface area contributed by atoms with Gasteiger partial charge in [0.2, 0.25) is 0 Å². The van der Waals surface area contributed by atoms with Crippen LogP contribution in [-0.2, 0) is 9.84 Å². The van der Waals surface area contributed by atoms with Crippen LogP contribution in [0.2, 0.25) is 0 Å². The van der Waals surface area contributed by atoms with E-state index in [1.54, 1.807) is 0 Å². The first-order chi connectivity index (χ1) is 10.3. The summed E-state index contributed by atoms with van der Waals surface area (Å²) in [6.45, 7) is 2.10. The van der Waals surface area contributed by atoms with Crippen LogP contribution in [0.4, 0.5) is 4.79 Å². The maximum absolute atomic E-state index is 12.2. The first-order valence-electron chi connectivity index (χ1n) is 8.28. The van der Waals surface area contributed by atoms with Crippen LogP contribution in [0.1, 0.15) is 38.5 Å². The Balaban J connectivity index is 1.41. The Morgan fingerprint density at radius 3 is 2.41 bits per heavy atom. The molecule has 3 fully saturated rings. The van der Waals surface area contributed by atoms with Gasteiger partial charge in [-0.2, -0.15) is 0 Å². The van der Waals surface area contributed by atoms with E-state index in [1.165, 1.54) is 6.26 Å². The highest BCUT2D eigenvalue weighted by atomic mass is 32.2. The summed E-state index contributed by atoms with van der Waals surface area (Å²) in [5, 5.41) is 2.83. The lowest BCUT2D eigenvalue weighted by Gasteiger charge is -2.39. The van der Waals surface area contributed by atoms with Crippen LogP contribution in [-0.4, -0.2) is 56.0 Å². The monoisotopic (exact) mass is 329 g/mol. The molecule has 0 aromatic carbocycles. The normalized spacial score (nSPS) is 38.3. The van der Waals surface area contributed by atoms with Gasteiger partial charge in [-0.05, 0) is 50.4 Å². The van der Waals surface area contributed by atoms with Gasteiger partial charge in [-0.3, -0.25) is 0 Å². The highest BCUT2D eigenvalue weighted by molar-refractivity contribution is 7.91. The number of nitrogens with two attached hydrogens (primary N) is 1. The second-order valence-electron chi connectivity index (χ2n) is 7.51. The van der Waals surface area contributed by atoms with Crippen molar-refractivity contribution in [3.8, 4) is 0 Å². The molecule has 2 aliphatic carbocycles. The van der Waals surface area contributed by atoms with Crippen molar-refractivity contribution in [2.45, 2.75) is 49.3 Å². The molecule has 0 spiro atoms. The Morgan fingerprint density at radius 2 is 1.95 bits per heavy atom. The standard InChI is InChI=1S/C15H27N3O3S/c1-22(20,21)13-4-2-11(3-5-13)8-17-14(19)18-9-12-6-7-15(12,16)10-18/h11-13H,2-10,16H2,1H3,(H,17,19)/t11?,12-,13?,15-/m0/s1. The van der Waals surface area contributed by atoms with Crippen molar-refractivity contribution < 1.29 is 13.2 Å². The van der Waals surface area contributed by atoms with E-state index in [2.05, 4.69) is 5.32 Å². The third-order valence-electron chi connectivity index (χ3n) is 5.93. The number of carbonyl (C=O) groups is 1. The fourth-order valence-electron chi connectivity index (χ4n) is 4.15. The van der Waals surface area contributed by atoms with Crippen LogP contribution in [0.15, 0.2) is 0 Å². The fraction of sp³-hybridized carbons (Fsp3) is 0.933. The highest BCUT2D eigenvalue weighted by Crippen LogP contribution is 2.42. The minimum Gasteiger partial charge on any atom is -0.338 e. The Kier molecular flexibility index (Phi) is 4.14. The molecule has 2 atom stereocenters. The number of nitrogens with zero attached hydrogens (tertiary/aromatic N) is 1. The number of hydrogen-bond acceptors (Lipinski definition) is 4. The van der Waals surface area contributed by atoms with E-state index in [1.807, 2.05) is 4.90 Å². The number of nitrogens with one attached hydrogen (secondary N) is 1. The summed E-state index contributed by atoms with van der Waals surface area (Å²) in [5.74, 6) is 0.872. The van der Waals surface area contributed by atoms with Gasteiger partial charge in [-0.1, -0.05) is 0 Å². The smallest absolute Gasteiger partial charge is 0.317 e. The number of fused-ring (bicyclic) bond motifs is 1. The molecule has 0 aromatic heterocycles. The summed E-state index contributed by atoms with van der Waals surface area (Å²) in [4.78, 5) is 14.1. The van der Waals surface area contributed by atoms with Crippen molar-refractivity contribution in [3.63, 3.8) is 0 Å². The second kappa shape index (κ2) is 5.67. The number of carbonyl (C=O) groups excluding carboxylic acids is 1. The van der Waals surface area contributed by atoms with Crippen molar-refractivity contribution in [2.24, 2.45) is 17.6 Å². The molecule has 1 heterocycles. The molecule has 6 nitrogen and oxygen atoms in total. The lowest BCUT2D eigenvalue weighted by Crippen LogP contribution is -2.55. The van der Waals surface area contributed by atoms with Gasteiger partial charge in [0.25, 0.3) is 0 Å². The average molecular weight is 329 g/mol. The van der Waals surface area contributed by atoms with Gasteiger partial charge in [0.1, 0.15) is 9.84 Å². The second-order valence-corrected chi connectivity index (χ2v) is 9.83. The molecule has 0 radical (unpaired) electrons. The molecule has 7 heteroatoms. The molecule has 3 N–H and O–H groups in total. The van der Waals surface area contributed by atoms with Crippen LogP contribution < -0.4 is 11.1 Å². The topological polar surface area (TPSA) is 92.5 Å². The summed E-state index contributed by atoms with van der Waals surface area (Å²) in [5.41, 5.74) is 6.12. The van der Waals surface area contributed by atoms with Crippen LogP contribution in [0.3, 0.4) is 0 Å². The summed E-state index contributed by atoms with van der Waals surface area (Å²) in [6, 6.07) is -0.00976. The predicted octanol–water partition coefficient (Wildman–Crippen LogP) is 0.723. The van der Waals surface area contributed by atoms with Gasteiger partial charge in [0, 0.05) is 31.4 Å². The highest BCUT2D eigenvalue weighted by Gasteiger charge is 2.51. The van der Waals surface area contributed by atoms with Crippen molar-refractivity contribution in [1.29, 1.82) is 0 Å². The summed E-state index contributed by atoms with van der Waals surface area (Å²) < 4.78 is 23.1. The first kappa shape index (κ1) is 16.1. The molecular weight excluding hydrogens is 302 g/mol. The lowest BCUT2D eigenvalue weighted by molar-refractivity contribution is 0.187. The molecular formula is C15H27N3O3S. The third-order valence-corrected chi connectivity index (χ3v) is 7.61. The number of amides is 2. The average Bonchev–Trinajstić information content (AvgIpc) is 2.69. The van der Waals surface area contributed by atoms with E-state index in [-0.39, 0.29) is 16.8 Å². The predicted molar refractivity (Wildman–Crippen MR) is 85.2 cm³/mol. The quantitative estimate of drug-likeness (QED) is 0.798. The molecule has 22 heavy (non-hydrogen) atoms. The molecule has 126 valence electrons. The molecule has 3 aliphatic rings. The van der Waals surface area contributed by atoms with Crippen LogP contribution >= 0.6 is 0 Å². The lowest BCUT2D eigenvalue weighted by atomic mass is 9.70. The molecule has 2 saturated carbocycles. The Bertz CT molecular complexity index is 542. The maximum Gasteiger partial charge on any atom is 0.317 e. The zero-order valence-corrected chi connectivity index (χ0v) is 14.1. The molecule has 0 bridgehead atoms. The molecule has 0 aromatic rings. The van der Waals surface area contributed by atoms with Gasteiger partial charge >= 0.3 is 6.03 Å². The van der Waals surface area contributed by atoms with E-state index in [4.69, 9.17) is 5.73 Å². The molecule has 3 rings (SSSR count). The summed E-state index contributed by atoms with van der Waals surface area (Å²) in [7, 11) is -2.92. The van der Waals surface area contributed by atoms with Crippen molar-refractivity contribution in [2.75, 3.05) is 25.9 Å². The molecule has 1 aliphatic heterocycles. The van der Waals surface area contributed by atoms with Crippen LogP contribution in [0, 0.1) is 11.8 Å². The number of likely N-dealkylation sites (tertiary alicyclic amines) is 1. The molecule has 2 amide bonds. The minimum absolute atomic E-state index is 0.00976. The van der Waals surface area contributed by atoms with Crippen LogP contribution in [0.5, 0.6) is 0 Å². The van der Waals surface area contributed by atoms with Crippen LogP contribution in [0.25, 0.3) is 0 Å². The summed E-state index contributed by atoms with van der Waals surface area (Å²) in [6.07, 6.45) is 6.67. The zero-order chi connectivity index (χ0) is 16.0.